The van der Waals surface area contributed by atoms with E-state index in [0.29, 0.717) is 22.9 Å². The molecule has 6 rings (SSSR count). The molecule has 0 aromatic heterocycles. The molecule has 0 radical (unpaired) electrons. The lowest BCUT2D eigenvalue weighted by molar-refractivity contribution is -0.140. The van der Waals surface area contributed by atoms with Gasteiger partial charge in [0.15, 0.2) is 0 Å². The lowest BCUT2D eigenvalue weighted by atomic mass is 9.44. The third kappa shape index (κ3) is 2.61. The Bertz CT molecular complexity index is 686. The van der Waals surface area contributed by atoms with Crippen molar-refractivity contribution in [2.24, 2.45) is 52.3 Å². The molecule has 3 nitrogen and oxygen atoms in total. The lowest BCUT2D eigenvalue weighted by Crippen LogP contribution is -2.57. The van der Waals surface area contributed by atoms with Crippen LogP contribution in [0.4, 0.5) is 0 Å². The first-order valence-electron chi connectivity index (χ1n) is 13.4. The van der Waals surface area contributed by atoms with E-state index in [9.17, 15) is 5.11 Å². The van der Waals surface area contributed by atoms with Crippen molar-refractivity contribution >= 4 is 0 Å². The SMILES string of the molecule is C[C@@H]1CC[C@]2(NC1)O[C@@H]1C[C@@H]3[C@@H]4CC[C@H]5C[C@H](O)CC[C@]5(C)[C@@H]4CC[C@]3(C)[C@H]1[C@@H]2C. The number of hydrogen-bond acceptors (Lipinski definition) is 3. The third-order valence-corrected chi connectivity index (χ3v) is 12.1. The van der Waals surface area contributed by atoms with Gasteiger partial charge in [0.25, 0.3) is 0 Å². The van der Waals surface area contributed by atoms with Gasteiger partial charge in [-0.2, -0.15) is 0 Å². The fraction of sp³-hybridized carbons (Fsp3) is 1.00. The molecule has 4 saturated carbocycles. The molecule has 12 atom stereocenters. The molecule has 2 aliphatic heterocycles. The zero-order valence-corrected chi connectivity index (χ0v) is 19.8. The first kappa shape index (κ1) is 20.5. The van der Waals surface area contributed by atoms with Gasteiger partial charge in [0, 0.05) is 12.5 Å². The maximum absolute atomic E-state index is 10.3. The van der Waals surface area contributed by atoms with Gasteiger partial charge in [0.05, 0.1) is 12.2 Å². The largest absolute Gasteiger partial charge is 0.393 e. The normalized spacial score (nSPS) is 62.5. The van der Waals surface area contributed by atoms with Crippen molar-refractivity contribution in [3.05, 3.63) is 0 Å². The van der Waals surface area contributed by atoms with Gasteiger partial charge in [-0.1, -0.05) is 27.7 Å². The molecule has 0 bridgehead atoms. The quantitative estimate of drug-likeness (QED) is 0.559. The number of rotatable bonds is 0. The first-order chi connectivity index (χ1) is 14.3. The van der Waals surface area contributed by atoms with Crippen molar-refractivity contribution in [2.75, 3.05) is 6.54 Å². The van der Waals surface area contributed by atoms with Crippen LogP contribution in [0, 0.1) is 52.3 Å². The highest BCUT2D eigenvalue weighted by molar-refractivity contribution is 5.16. The highest BCUT2D eigenvalue weighted by Crippen LogP contribution is 2.71. The van der Waals surface area contributed by atoms with Crippen LogP contribution in [-0.4, -0.2) is 29.6 Å². The molecule has 2 N–H and O–H groups in total. The Morgan fingerprint density at radius 1 is 0.867 bits per heavy atom. The molecule has 0 amide bonds. The topological polar surface area (TPSA) is 41.5 Å². The molecule has 0 aromatic carbocycles. The summed E-state index contributed by atoms with van der Waals surface area (Å²) in [5.74, 6) is 5.57. The fourth-order valence-corrected chi connectivity index (χ4v) is 10.4. The molecule has 170 valence electrons. The average molecular weight is 416 g/mol. The zero-order valence-electron chi connectivity index (χ0n) is 19.8. The first-order valence-corrected chi connectivity index (χ1v) is 13.4. The van der Waals surface area contributed by atoms with Crippen LogP contribution in [0.3, 0.4) is 0 Å². The molecule has 2 heterocycles. The van der Waals surface area contributed by atoms with E-state index >= 15 is 0 Å². The van der Waals surface area contributed by atoms with Gasteiger partial charge in [-0.15, -0.1) is 0 Å². The second-order valence-electron chi connectivity index (χ2n) is 13.3. The molecule has 0 unspecified atom stereocenters. The summed E-state index contributed by atoms with van der Waals surface area (Å²) in [5, 5.41) is 14.2. The van der Waals surface area contributed by atoms with Crippen LogP contribution in [0.25, 0.3) is 0 Å². The molecule has 1 spiro atoms. The van der Waals surface area contributed by atoms with Crippen molar-refractivity contribution in [3.63, 3.8) is 0 Å². The summed E-state index contributed by atoms with van der Waals surface area (Å²) in [5.41, 5.74) is 0.919. The van der Waals surface area contributed by atoms with E-state index in [1.54, 1.807) is 0 Å². The van der Waals surface area contributed by atoms with Gasteiger partial charge in [0.1, 0.15) is 5.72 Å². The standard InChI is InChI=1S/C27H45NO2/c1-16-7-12-27(28-15-16)17(2)24-23(30-27)14-22-20-6-5-18-13-19(29)8-10-25(18,3)21(20)9-11-26(22,24)4/h16-24,28-29H,5-15H2,1-4H3/t16-,17+,18+,19-,20-,21-,22-,23-,24+,25+,26+,27+/m1/s1. The second-order valence-corrected chi connectivity index (χ2v) is 13.3. The predicted octanol–water partition coefficient (Wildman–Crippen LogP) is 5.37. The van der Waals surface area contributed by atoms with Crippen LogP contribution in [0.5, 0.6) is 0 Å². The number of aliphatic hydroxyl groups is 1. The molecule has 4 aliphatic carbocycles. The van der Waals surface area contributed by atoms with Crippen molar-refractivity contribution in [2.45, 2.75) is 110 Å². The van der Waals surface area contributed by atoms with Crippen molar-refractivity contribution in [3.8, 4) is 0 Å². The van der Waals surface area contributed by atoms with Crippen LogP contribution in [-0.2, 0) is 4.74 Å². The smallest absolute Gasteiger partial charge is 0.122 e. The second kappa shape index (κ2) is 6.70. The van der Waals surface area contributed by atoms with E-state index < -0.39 is 0 Å². The van der Waals surface area contributed by atoms with Crippen LogP contribution >= 0.6 is 0 Å². The molecule has 2 saturated heterocycles. The van der Waals surface area contributed by atoms with E-state index in [1.165, 1.54) is 51.4 Å². The summed E-state index contributed by atoms with van der Waals surface area (Å²) in [7, 11) is 0. The van der Waals surface area contributed by atoms with Crippen LogP contribution in [0.2, 0.25) is 0 Å². The summed E-state index contributed by atoms with van der Waals surface area (Å²) in [6.45, 7) is 11.3. The van der Waals surface area contributed by atoms with Crippen molar-refractivity contribution in [1.82, 2.24) is 5.32 Å². The minimum atomic E-state index is -0.0320. The number of piperidine rings is 1. The Morgan fingerprint density at radius 3 is 2.43 bits per heavy atom. The number of ether oxygens (including phenoxy) is 1. The molecule has 0 aromatic rings. The summed E-state index contributed by atoms with van der Waals surface area (Å²) in [4.78, 5) is 0. The summed E-state index contributed by atoms with van der Waals surface area (Å²) in [6.07, 6.45) is 13.2. The Hall–Kier alpha value is -0.120. The van der Waals surface area contributed by atoms with Crippen molar-refractivity contribution in [1.29, 1.82) is 0 Å². The Morgan fingerprint density at radius 2 is 1.67 bits per heavy atom. The van der Waals surface area contributed by atoms with Crippen LogP contribution in [0.15, 0.2) is 0 Å². The van der Waals surface area contributed by atoms with Gasteiger partial charge in [-0.05, 0) is 111 Å². The number of fused-ring (bicyclic) bond motifs is 7. The zero-order chi connectivity index (χ0) is 20.9. The molecule has 6 aliphatic rings. The van der Waals surface area contributed by atoms with Crippen LogP contribution < -0.4 is 5.32 Å². The van der Waals surface area contributed by atoms with E-state index in [0.717, 1.165) is 54.9 Å². The van der Waals surface area contributed by atoms with E-state index in [2.05, 4.69) is 33.0 Å². The molecular weight excluding hydrogens is 370 g/mol. The minimum Gasteiger partial charge on any atom is -0.393 e. The van der Waals surface area contributed by atoms with Crippen LogP contribution in [0.1, 0.15) is 91.9 Å². The summed E-state index contributed by atoms with van der Waals surface area (Å²) in [6, 6.07) is 0. The van der Waals surface area contributed by atoms with E-state index in [1.807, 2.05) is 0 Å². The van der Waals surface area contributed by atoms with E-state index in [-0.39, 0.29) is 11.8 Å². The maximum Gasteiger partial charge on any atom is 0.122 e. The molecular formula is C27H45NO2. The highest BCUT2D eigenvalue weighted by atomic mass is 16.5. The monoisotopic (exact) mass is 415 g/mol. The van der Waals surface area contributed by atoms with Gasteiger partial charge in [-0.3, -0.25) is 5.32 Å². The number of nitrogens with one attached hydrogen (secondary N) is 1. The number of hydrogen-bond donors (Lipinski definition) is 2. The third-order valence-electron chi connectivity index (χ3n) is 12.1. The number of aliphatic hydroxyl groups excluding tert-OH is 1. The fourth-order valence-electron chi connectivity index (χ4n) is 10.4. The van der Waals surface area contributed by atoms with Gasteiger partial charge in [0.2, 0.25) is 0 Å². The van der Waals surface area contributed by atoms with E-state index in [4.69, 9.17) is 4.74 Å². The minimum absolute atomic E-state index is 0.0319. The van der Waals surface area contributed by atoms with Gasteiger partial charge < -0.3 is 9.84 Å². The molecule has 30 heavy (non-hydrogen) atoms. The molecule has 6 fully saturated rings. The van der Waals surface area contributed by atoms with Gasteiger partial charge in [-0.25, -0.2) is 0 Å². The summed E-state index contributed by atoms with van der Waals surface area (Å²) < 4.78 is 7.01. The van der Waals surface area contributed by atoms with Gasteiger partial charge >= 0.3 is 0 Å². The Balaban J connectivity index is 1.26. The molecule has 3 heteroatoms. The Kier molecular flexibility index (Phi) is 4.58. The Labute approximate surface area is 184 Å². The lowest BCUT2D eigenvalue weighted by Gasteiger charge is -2.61. The average Bonchev–Trinajstić information content (AvgIpc) is 3.16. The predicted molar refractivity (Wildman–Crippen MR) is 120 cm³/mol. The highest BCUT2D eigenvalue weighted by Gasteiger charge is 2.68. The van der Waals surface area contributed by atoms with Crippen molar-refractivity contribution < 1.29 is 9.84 Å². The summed E-state index contributed by atoms with van der Waals surface area (Å²) >= 11 is 0. The maximum atomic E-state index is 10.3.